The minimum absolute atomic E-state index is 0.0886. The summed E-state index contributed by atoms with van der Waals surface area (Å²) in [6.45, 7) is 3.21. The van der Waals surface area contributed by atoms with E-state index in [0.717, 1.165) is 32.2 Å². The van der Waals surface area contributed by atoms with Crippen LogP contribution in [0.5, 0.6) is 0 Å². The Morgan fingerprint density at radius 3 is 2.56 bits per heavy atom. The fraction of sp³-hybridized carbons (Fsp3) is 0.769. The fourth-order valence-electron chi connectivity index (χ4n) is 1.87. The van der Waals surface area contributed by atoms with Crippen LogP contribution in [0, 0.1) is 0 Å². The van der Waals surface area contributed by atoms with E-state index >= 15 is 0 Å². The highest BCUT2D eigenvalue weighted by Gasteiger charge is 2.03. The summed E-state index contributed by atoms with van der Waals surface area (Å²) in [6, 6.07) is 0. The Hall–Kier alpha value is -0.830. The third-order valence-electron chi connectivity index (χ3n) is 2.90. The van der Waals surface area contributed by atoms with Gasteiger partial charge in [-0.1, -0.05) is 26.2 Å². The van der Waals surface area contributed by atoms with Crippen LogP contribution in [0.25, 0.3) is 0 Å². The lowest BCUT2D eigenvalue weighted by molar-refractivity contribution is 0.147. The molecule has 1 aromatic heterocycles. The second-order valence-corrected chi connectivity index (χ2v) is 4.45. The molecule has 0 saturated carbocycles. The second kappa shape index (κ2) is 8.34. The van der Waals surface area contributed by atoms with Crippen LogP contribution in [-0.2, 0) is 6.54 Å². The van der Waals surface area contributed by atoms with Gasteiger partial charge < -0.3 is 9.67 Å². The predicted octanol–water partition coefficient (Wildman–Crippen LogP) is 2.99. The number of unbranched alkanes of at least 4 members (excludes halogenated alkanes) is 3. The van der Waals surface area contributed by atoms with Crippen LogP contribution >= 0.6 is 0 Å². The Bertz CT molecular complexity index is 246. The Morgan fingerprint density at radius 1 is 1.19 bits per heavy atom. The number of aliphatic hydroxyl groups excluding tert-OH is 1. The topological polar surface area (TPSA) is 38.0 Å². The summed E-state index contributed by atoms with van der Waals surface area (Å²) in [5.41, 5.74) is 0. The summed E-state index contributed by atoms with van der Waals surface area (Å²) in [5.74, 6) is 0. The number of aryl methyl sites for hydroxylation is 1. The van der Waals surface area contributed by atoms with Gasteiger partial charge in [-0.2, -0.15) is 0 Å². The summed E-state index contributed by atoms with van der Waals surface area (Å²) in [6.07, 6.45) is 13.3. The normalized spacial score (nSPS) is 12.9. The maximum atomic E-state index is 9.71. The molecule has 1 heterocycles. The van der Waals surface area contributed by atoms with Gasteiger partial charge in [-0.3, -0.25) is 0 Å². The first-order chi connectivity index (χ1) is 7.83. The minimum atomic E-state index is -0.0886. The molecule has 0 spiro atoms. The van der Waals surface area contributed by atoms with Crippen LogP contribution in [0.15, 0.2) is 18.7 Å². The molecule has 3 heteroatoms. The zero-order valence-electron chi connectivity index (χ0n) is 10.3. The zero-order chi connectivity index (χ0) is 11.6. The van der Waals surface area contributed by atoms with Gasteiger partial charge >= 0.3 is 0 Å². The summed E-state index contributed by atoms with van der Waals surface area (Å²) in [7, 11) is 0. The first kappa shape index (κ1) is 13.2. The van der Waals surface area contributed by atoms with Gasteiger partial charge in [0.05, 0.1) is 12.4 Å². The molecule has 0 aliphatic carbocycles. The molecule has 92 valence electrons. The third-order valence-corrected chi connectivity index (χ3v) is 2.90. The standard InChI is InChI=1S/C13H24N2O/c1-2-3-4-7-13(16)8-5-6-10-15-11-9-14-12-15/h9,11-13,16H,2-8,10H2,1H3/t13-/m0/s1. The van der Waals surface area contributed by atoms with Gasteiger partial charge in [0, 0.05) is 18.9 Å². The molecule has 0 aliphatic rings. The molecule has 0 radical (unpaired) electrons. The lowest BCUT2D eigenvalue weighted by Gasteiger charge is -2.09. The Morgan fingerprint density at radius 2 is 1.94 bits per heavy atom. The fourth-order valence-corrected chi connectivity index (χ4v) is 1.87. The highest BCUT2D eigenvalue weighted by Crippen LogP contribution is 2.10. The predicted molar refractivity (Wildman–Crippen MR) is 66.2 cm³/mol. The van der Waals surface area contributed by atoms with E-state index in [4.69, 9.17) is 0 Å². The molecule has 0 amide bonds. The van der Waals surface area contributed by atoms with Crippen LogP contribution in [0.4, 0.5) is 0 Å². The summed E-state index contributed by atoms with van der Waals surface area (Å²) in [5, 5.41) is 9.71. The van der Waals surface area contributed by atoms with Gasteiger partial charge in [0.1, 0.15) is 0 Å². The average Bonchev–Trinajstić information content (AvgIpc) is 2.78. The maximum Gasteiger partial charge on any atom is 0.0945 e. The highest BCUT2D eigenvalue weighted by molar-refractivity contribution is 4.73. The highest BCUT2D eigenvalue weighted by atomic mass is 16.3. The molecular formula is C13H24N2O. The van der Waals surface area contributed by atoms with Crippen molar-refractivity contribution in [1.29, 1.82) is 0 Å². The number of hydrogen-bond acceptors (Lipinski definition) is 2. The van der Waals surface area contributed by atoms with Gasteiger partial charge in [-0.05, 0) is 25.7 Å². The molecule has 16 heavy (non-hydrogen) atoms. The van der Waals surface area contributed by atoms with Crippen LogP contribution in [0.1, 0.15) is 51.9 Å². The number of aliphatic hydroxyl groups is 1. The molecular weight excluding hydrogens is 200 g/mol. The molecule has 0 fully saturated rings. The maximum absolute atomic E-state index is 9.71. The molecule has 0 aromatic carbocycles. The van der Waals surface area contributed by atoms with Crippen molar-refractivity contribution in [2.45, 2.75) is 64.5 Å². The van der Waals surface area contributed by atoms with Crippen molar-refractivity contribution >= 4 is 0 Å². The van der Waals surface area contributed by atoms with E-state index in [9.17, 15) is 5.11 Å². The zero-order valence-corrected chi connectivity index (χ0v) is 10.3. The number of imidazole rings is 1. The SMILES string of the molecule is CCCCC[C@H](O)CCCCn1ccnc1. The largest absolute Gasteiger partial charge is 0.393 e. The molecule has 0 bridgehead atoms. The van der Waals surface area contributed by atoms with Crippen molar-refractivity contribution in [1.82, 2.24) is 9.55 Å². The van der Waals surface area contributed by atoms with Crippen LogP contribution in [0.3, 0.4) is 0 Å². The van der Waals surface area contributed by atoms with Crippen molar-refractivity contribution in [3.8, 4) is 0 Å². The summed E-state index contributed by atoms with van der Waals surface area (Å²) in [4.78, 5) is 4.00. The molecule has 3 nitrogen and oxygen atoms in total. The molecule has 0 unspecified atom stereocenters. The van der Waals surface area contributed by atoms with Gasteiger partial charge in [0.25, 0.3) is 0 Å². The van der Waals surface area contributed by atoms with Crippen LogP contribution in [0.2, 0.25) is 0 Å². The van der Waals surface area contributed by atoms with Gasteiger partial charge in [-0.15, -0.1) is 0 Å². The summed E-state index contributed by atoms with van der Waals surface area (Å²) < 4.78 is 2.09. The van der Waals surface area contributed by atoms with Crippen LogP contribution in [-0.4, -0.2) is 20.8 Å². The molecule has 1 rings (SSSR count). The van der Waals surface area contributed by atoms with Crippen LogP contribution < -0.4 is 0 Å². The molecule has 1 atom stereocenters. The van der Waals surface area contributed by atoms with E-state index in [0.29, 0.717) is 0 Å². The van der Waals surface area contributed by atoms with Crippen molar-refractivity contribution in [3.63, 3.8) is 0 Å². The Kier molecular flexibility index (Phi) is 6.90. The van der Waals surface area contributed by atoms with E-state index in [1.165, 1.54) is 19.3 Å². The van der Waals surface area contributed by atoms with Gasteiger partial charge in [0.2, 0.25) is 0 Å². The quantitative estimate of drug-likeness (QED) is 0.655. The van der Waals surface area contributed by atoms with E-state index in [1.54, 1.807) is 6.20 Å². The lowest BCUT2D eigenvalue weighted by atomic mass is 10.1. The minimum Gasteiger partial charge on any atom is -0.393 e. The number of rotatable bonds is 9. The molecule has 0 aliphatic heterocycles. The first-order valence-electron chi connectivity index (χ1n) is 6.46. The molecule has 0 saturated heterocycles. The monoisotopic (exact) mass is 224 g/mol. The average molecular weight is 224 g/mol. The van der Waals surface area contributed by atoms with Gasteiger partial charge in [-0.25, -0.2) is 4.98 Å². The first-order valence-corrected chi connectivity index (χ1v) is 6.46. The smallest absolute Gasteiger partial charge is 0.0945 e. The van der Waals surface area contributed by atoms with Crippen molar-refractivity contribution in [2.24, 2.45) is 0 Å². The number of aromatic nitrogens is 2. The van der Waals surface area contributed by atoms with E-state index in [-0.39, 0.29) is 6.10 Å². The third kappa shape index (κ3) is 5.91. The van der Waals surface area contributed by atoms with Crippen molar-refractivity contribution < 1.29 is 5.11 Å². The van der Waals surface area contributed by atoms with E-state index in [2.05, 4.69) is 16.5 Å². The van der Waals surface area contributed by atoms with Crippen molar-refractivity contribution in [2.75, 3.05) is 0 Å². The Balaban J connectivity index is 1.94. The number of hydrogen-bond donors (Lipinski definition) is 1. The molecule has 1 N–H and O–H groups in total. The lowest BCUT2D eigenvalue weighted by Crippen LogP contribution is -2.06. The van der Waals surface area contributed by atoms with Gasteiger partial charge in [0.15, 0.2) is 0 Å². The van der Waals surface area contributed by atoms with Crippen molar-refractivity contribution in [3.05, 3.63) is 18.7 Å². The Labute approximate surface area is 98.5 Å². The van der Waals surface area contributed by atoms with E-state index in [1.807, 2.05) is 12.5 Å². The van der Waals surface area contributed by atoms with E-state index < -0.39 is 0 Å². The number of nitrogens with zero attached hydrogens (tertiary/aromatic N) is 2. The molecule has 1 aromatic rings. The summed E-state index contributed by atoms with van der Waals surface area (Å²) >= 11 is 0. The second-order valence-electron chi connectivity index (χ2n) is 4.45.